The first kappa shape index (κ1) is 24.3. The van der Waals surface area contributed by atoms with Gasteiger partial charge in [0.15, 0.2) is 0 Å². The van der Waals surface area contributed by atoms with Crippen molar-refractivity contribution in [3.8, 4) is 0 Å². The number of carbonyl (C=O) groups is 2. The van der Waals surface area contributed by atoms with E-state index in [1.54, 1.807) is 6.92 Å². The molecule has 0 aliphatic rings. The Morgan fingerprint density at radius 3 is 2.54 bits per heavy atom. The summed E-state index contributed by atoms with van der Waals surface area (Å²) in [4.78, 5) is 44.6. The van der Waals surface area contributed by atoms with Crippen LogP contribution in [0.15, 0.2) is 59.7 Å². The smallest absolute Gasteiger partial charge is 0.329 e. The Bertz CT molecular complexity index is 1460. The zero-order valence-electron chi connectivity index (χ0n) is 20.1. The first-order valence-corrected chi connectivity index (χ1v) is 12.2. The lowest BCUT2D eigenvalue weighted by Gasteiger charge is -2.17. The summed E-state index contributed by atoms with van der Waals surface area (Å²) in [6, 6.07) is 14.4. The van der Waals surface area contributed by atoms with Crippen molar-refractivity contribution in [3.63, 3.8) is 0 Å². The quantitative estimate of drug-likeness (QED) is 0.354. The summed E-state index contributed by atoms with van der Waals surface area (Å²) in [5.74, 6) is -0.794. The van der Waals surface area contributed by atoms with E-state index in [2.05, 4.69) is 10.3 Å². The molecule has 0 unspecified atom stereocenters. The van der Waals surface area contributed by atoms with Gasteiger partial charge >= 0.3 is 5.97 Å². The number of anilines is 1. The summed E-state index contributed by atoms with van der Waals surface area (Å²) in [6.45, 7) is 7.60. The Hall–Kier alpha value is -3.78. The van der Waals surface area contributed by atoms with Crippen LogP contribution >= 0.6 is 11.3 Å². The first-order chi connectivity index (χ1) is 16.8. The minimum atomic E-state index is -0.810. The Labute approximate surface area is 207 Å². The van der Waals surface area contributed by atoms with Crippen molar-refractivity contribution >= 4 is 39.1 Å². The summed E-state index contributed by atoms with van der Waals surface area (Å²) in [7, 11) is 0. The third-order valence-electron chi connectivity index (χ3n) is 5.93. The van der Waals surface area contributed by atoms with E-state index in [1.807, 2.05) is 69.3 Å². The summed E-state index contributed by atoms with van der Waals surface area (Å²) in [5.41, 5.74) is 3.83. The molecule has 0 bridgehead atoms. The van der Waals surface area contributed by atoms with Crippen LogP contribution in [0.1, 0.15) is 51.3 Å². The topological polar surface area (TPSA) is 90.3 Å². The van der Waals surface area contributed by atoms with Gasteiger partial charge in [-0.05, 0) is 49.9 Å². The number of hydrogen-bond donors (Lipinski definition) is 1. The molecule has 0 saturated heterocycles. The highest BCUT2D eigenvalue weighted by atomic mass is 32.1. The number of amides is 1. The highest BCUT2D eigenvalue weighted by Gasteiger charge is 2.25. The molecule has 4 rings (SSSR count). The van der Waals surface area contributed by atoms with E-state index in [0.29, 0.717) is 27.1 Å². The fraction of sp³-hybridized carbons (Fsp3) is 0.259. The van der Waals surface area contributed by atoms with Crippen LogP contribution in [0.3, 0.4) is 0 Å². The largest absolute Gasteiger partial charge is 0.459 e. The summed E-state index contributed by atoms with van der Waals surface area (Å²) in [5, 5.41) is 3.28. The van der Waals surface area contributed by atoms with Gasteiger partial charge < -0.3 is 10.1 Å². The number of thiophene rings is 1. The van der Waals surface area contributed by atoms with E-state index < -0.39 is 12.0 Å². The number of esters is 1. The lowest BCUT2D eigenvalue weighted by atomic mass is 10.1. The van der Waals surface area contributed by atoms with Gasteiger partial charge in [0.2, 0.25) is 0 Å². The summed E-state index contributed by atoms with van der Waals surface area (Å²) < 4.78 is 6.78. The second-order valence-electron chi connectivity index (χ2n) is 8.48. The molecule has 35 heavy (non-hydrogen) atoms. The van der Waals surface area contributed by atoms with E-state index in [9.17, 15) is 14.4 Å². The predicted molar refractivity (Wildman–Crippen MR) is 138 cm³/mol. The first-order valence-electron chi connectivity index (χ1n) is 11.4. The maximum absolute atomic E-state index is 13.4. The molecule has 8 heteroatoms. The Morgan fingerprint density at radius 1 is 1.11 bits per heavy atom. The van der Waals surface area contributed by atoms with Gasteiger partial charge in [0.1, 0.15) is 17.5 Å². The highest BCUT2D eigenvalue weighted by molar-refractivity contribution is 7.20. The number of rotatable bonds is 7. The minimum Gasteiger partial charge on any atom is -0.459 e. The van der Waals surface area contributed by atoms with Crippen LogP contribution < -0.4 is 10.9 Å². The van der Waals surface area contributed by atoms with Gasteiger partial charge in [-0.25, -0.2) is 9.78 Å². The molecule has 1 atom stereocenters. The number of carbonyl (C=O) groups excluding carboxylic acids is 2. The van der Waals surface area contributed by atoms with Gasteiger partial charge in [0, 0.05) is 5.69 Å². The van der Waals surface area contributed by atoms with Gasteiger partial charge in [-0.15, -0.1) is 11.3 Å². The summed E-state index contributed by atoms with van der Waals surface area (Å²) >= 11 is 1.17. The minimum absolute atomic E-state index is 0.126. The van der Waals surface area contributed by atoms with Gasteiger partial charge in [0.05, 0.1) is 16.6 Å². The van der Waals surface area contributed by atoms with Crippen LogP contribution in [0.4, 0.5) is 5.69 Å². The zero-order valence-corrected chi connectivity index (χ0v) is 20.9. The average Bonchev–Trinajstić information content (AvgIpc) is 3.19. The number of aryl methyl sites for hydroxylation is 3. The second-order valence-corrected chi connectivity index (χ2v) is 9.48. The van der Waals surface area contributed by atoms with Crippen molar-refractivity contribution < 1.29 is 14.3 Å². The van der Waals surface area contributed by atoms with Crippen molar-refractivity contribution in [3.05, 3.63) is 92.3 Å². The normalized spacial score (nSPS) is 11.9. The van der Waals surface area contributed by atoms with Gasteiger partial charge in [-0.2, -0.15) is 0 Å². The maximum atomic E-state index is 13.4. The SMILES string of the molecule is CC[C@@H](C(=O)OCc1ccccc1)n1cnc2sc(C(=O)Nc3ccc(C)cc3C)c(C)c2c1=O. The van der Waals surface area contributed by atoms with E-state index in [-0.39, 0.29) is 18.1 Å². The molecule has 0 saturated carbocycles. The average molecular weight is 490 g/mol. The number of hydrogen-bond acceptors (Lipinski definition) is 6. The number of fused-ring (bicyclic) bond motifs is 1. The molecular weight excluding hydrogens is 462 g/mol. The van der Waals surface area contributed by atoms with Crippen LogP contribution in [0, 0.1) is 20.8 Å². The molecule has 7 nitrogen and oxygen atoms in total. The van der Waals surface area contributed by atoms with E-state index in [1.165, 1.54) is 22.2 Å². The third-order valence-corrected chi connectivity index (χ3v) is 7.13. The Morgan fingerprint density at radius 2 is 1.86 bits per heavy atom. The Balaban J connectivity index is 1.61. The fourth-order valence-corrected chi connectivity index (χ4v) is 5.05. The van der Waals surface area contributed by atoms with Crippen molar-refractivity contribution in [2.45, 2.75) is 46.8 Å². The number of benzene rings is 2. The van der Waals surface area contributed by atoms with Gasteiger partial charge in [0.25, 0.3) is 11.5 Å². The number of ether oxygens (including phenoxy) is 1. The van der Waals surface area contributed by atoms with E-state index in [0.717, 1.165) is 22.4 Å². The lowest BCUT2D eigenvalue weighted by molar-refractivity contribution is -0.149. The molecule has 2 aromatic heterocycles. The third kappa shape index (κ3) is 5.02. The number of aromatic nitrogens is 2. The molecule has 0 spiro atoms. The molecule has 0 aliphatic carbocycles. The van der Waals surface area contributed by atoms with E-state index >= 15 is 0 Å². The van der Waals surface area contributed by atoms with Crippen LogP contribution in [-0.2, 0) is 16.1 Å². The molecule has 180 valence electrons. The molecule has 1 N–H and O–H groups in total. The van der Waals surface area contributed by atoms with Crippen molar-refractivity contribution in [2.75, 3.05) is 5.32 Å². The second kappa shape index (κ2) is 10.2. The van der Waals surface area contributed by atoms with Crippen molar-refractivity contribution in [2.24, 2.45) is 0 Å². The van der Waals surface area contributed by atoms with Crippen LogP contribution in [0.2, 0.25) is 0 Å². The highest BCUT2D eigenvalue weighted by Crippen LogP contribution is 2.29. The zero-order chi connectivity index (χ0) is 25.1. The van der Waals surface area contributed by atoms with Crippen LogP contribution in [-0.4, -0.2) is 21.4 Å². The molecule has 0 aliphatic heterocycles. The molecule has 0 radical (unpaired) electrons. The predicted octanol–water partition coefficient (Wildman–Crippen LogP) is 5.33. The molecular formula is C27H27N3O4S. The standard InChI is InChI=1S/C27H27N3O4S/c1-5-21(27(33)34-14-19-9-7-6-8-10-19)30-15-28-25-22(26(30)32)18(4)23(35-25)24(31)29-20-12-11-16(2)13-17(20)3/h6-13,15,21H,5,14H2,1-4H3,(H,29,31)/t21-/m0/s1. The number of nitrogens with zero attached hydrogens (tertiary/aromatic N) is 2. The monoisotopic (exact) mass is 489 g/mol. The maximum Gasteiger partial charge on any atom is 0.329 e. The van der Waals surface area contributed by atoms with Gasteiger partial charge in [-0.3, -0.25) is 14.2 Å². The van der Waals surface area contributed by atoms with Crippen LogP contribution in [0.25, 0.3) is 10.2 Å². The molecule has 1 amide bonds. The van der Waals surface area contributed by atoms with Crippen molar-refractivity contribution in [1.82, 2.24) is 9.55 Å². The van der Waals surface area contributed by atoms with Crippen molar-refractivity contribution in [1.29, 1.82) is 0 Å². The fourth-order valence-electron chi connectivity index (χ4n) is 4.01. The van der Waals surface area contributed by atoms with E-state index in [4.69, 9.17) is 4.74 Å². The molecule has 0 fully saturated rings. The number of nitrogens with one attached hydrogen (secondary N) is 1. The molecule has 2 aromatic carbocycles. The Kier molecular flexibility index (Phi) is 7.12. The molecule has 2 heterocycles. The lowest BCUT2D eigenvalue weighted by Crippen LogP contribution is -2.31. The summed E-state index contributed by atoms with van der Waals surface area (Å²) in [6.07, 6.45) is 1.73. The molecule has 4 aromatic rings. The van der Waals surface area contributed by atoms with Gasteiger partial charge in [-0.1, -0.05) is 55.0 Å². The van der Waals surface area contributed by atoms with Crippen LogP contribution in [0.5, 0.6) is 0 Å².